The molecule has 0 spiro atoms. The maximum absolute atomic E-state index is 11.1. The molecule has 1 N–H and O–H groups in total. The number of H-pyrrole nitrogens is 1. The standard InChI is InChI=1S/C11H11NO4/c1-15-10(13)5-3-4-8-6-9(12-7-8)11(14)16-2/h6-7,12H,5H2,1-2H3. The van der Waals surface area contributed by atoms with Gasteiger partial charge in [0.05, 0.1) is 14.2 Å². The highest BCUT2D eigenvalue weighted by Crippen LogP contribution is 2.03. The van der Waals surface area contributed by atoms with Gasteiger partial charge in [0.1, 0.15) is 12.1 Å². The van der Waals surface area contributed by atoms with Gasteiger partial charge in [-0.1, -0.05) is 11.8 Å². The molecule has 0 saturated carbocycles. The fourth-order valence-electron chi connectivity index (χ4n) is 0.985. The molecule has 5 nitrogen and oxygen atoms in total. The van der Waals surface area contributed by atoms with Crippen LogP contribution < -0.4 is 0 Å². The molecular formula is C11H11NO4. The first kappa shape index (κ1) is 11.9. The van der Waals surface area contributed by atoms with Gasteiger partial charge < -0.3 is 14.5 Å². The molecule has 0 aliphatic rings. The van der Waals surface area contributed by atoms with Crippen LogP contribution in [0.3, 0.4) is 0 Å². The Labute approximate surface area is 92.7 Å². The Morgan fingerprint density at radius 2 is 2.12 bits per heavy atom. The smallest absolute Gasteiger partial charge is 0.354 e. The second kappa shape index (κ2) is 5.61. The van der Waals surface area contributed by atoms with Gasteiger partial charge in [-0.3, -0.25) is 4.79 Å². The quantitative estimate of drug-likeness (QED) is 0.590. The maximum atomic E-state index is 11.1. The SMILES string of the molecule is COC(=O)CC#Cc1c[nH]c(C(=O)OC)c1. The highest BCUT2D eigenvalue weighted by atomic mass is 16.5. The zero-order valence-electron chi connectivity index (χ0n) is 8.99. The minimum atomic E-state index is -0.457. The summed E-state index contributed by atoms with van der Waals surface area (Å²) in [6.45, 7) is 0. The highest BCUT2D eigenvalue weighted by Gasteiger charge is 2.06. The van der Waals surface area contributed by atoms with Crippen LogP contribution in [0.4, 0.5) is 0 Å². The molecule has 0 aliphatic carbocycles. The third-order valence-corrected chi connectivity index (χ3v) is 1.78. The van der Waals surface area contributed by atoms with Gasteiger partial charge in [0, 0.05) is 11.8 Å². The van der Waals surface area contributed by atoms with Crippen LogP contribution >= 0.6 is 0 Å². The van der Waals surface area contributed by atoms with Crippen molar-refractivity contribution in [2.75, 3.05) is 14.2 Å². The van der Waals surface area contributed by atoms with E-state index in [1.165, 1.54) is 14.2 Å². The zero-order chi connectivity index (χ0) is 12.0. The van der Waals surface area contributed by atoms with Crippen molar-refractivity contribution in [2.24, 2.45) is 0 Å². The number of rotatable bonds is 2. The number of hydrogen-bond donors (Lipinski definition) is 1. The topological polar surface area (TPSA) is 68.4 Å². The molecule has 5 heteroatoms. The van der Waals surface area contributed by atoms with E-state index >= 15 is 0 Å². The summed E-state index contributed by atoms with van der Waals surface area (Å²) < 4.78 is 8.94. The van der Waals surface area contributed by atoms with Crippen molar-refractivity contribution in [1.29, 1.82) is 0 Å². The van der Waals surface area contributed by atoms with Crippen molar-refractivity contribution in [3.8, 4) is 11.8 Å². The number of methoxy groups -OCH3 is 2. The van der Waals surface area contributed by atoms with Crippen molar-refractivity contribution in [3.05, 3.63) is 23.5 Å². The molecule has 1 heterocycles. The van der Waals surface area contributed by atoms with E-state index in [0.29, 0.717) is 11.3 Å². The lowest BCUT2D eigenvalue weighted by molar-refractivity contribution is -0.139. The van der Waals surface area contributed by atoms with Gasteiger partial charge in [-0.2, -0.15) is 0 Å². The van der Waals surface area contributed by atoms with E-state index in [9.17, 15) is 9.59 Å². The molecule has 0 saturated heterocycles. The van der Waals surface area contributed by atoms with Crippen molar-refractivity contribution in [1.82, 2.24) is 4.98 Å². The van der Waals surface area contributed by atoms with Gasteiger partial charge in [0.2, 0.25) is 0 Å². The largest absolute Gasteiger partial charge is 0.468 e. The van der Waals surface area contributed by atoms with E-state index in [1.54, 1.807) is 12.3 Å². The molecule has 0 atom stereocenters. The number of carbonyl (C=O) groups is 2. The summed E-state index contributed by atoms with van der Waals surface area (Å²) in [7, 11) is 2.60. The van der Waals surface area contributed by atoms with Gasteiger partial charge in [-0.15, -0.1) is 0 Å². The lowest BCUT2D eigenvalue weighted by atomic mass is 10.3. The zero-order valence-corrected chi connectivity index (χ0v) is 8.99. The van der Waals surface area contributed by atoms with Gasteiger partial charge in [0.25, 0.3) is 0 Å². The predicted octanol–water partition coefficient (Wildman–Crippen LogP) is 0.716. The maximum Gasteiger partial charge on any atom is 0.354 e. The minimum absolute atomic E-state index is 0.0231. The summed E-state index contributed by atoms with van der Waals surface area (Å²) in [5.41, 5.74) is 0.939. The van der Waals surface area contributed by atoms with Crippen LogP contribution in [0.2, 0.25) is 0 Å². The van der Waals surface area contributed by atoms with E-state index in [4.69, 9.17) is 0 Å². The van der Waals surface area contributed by atoms with Gasteiger partial charge in [0.15, 0.2) is 0 Å². The fraction of sp³-hybridized carbons (Fsp3) is 0.273. The Balaban J connectivity index is 2.65. The molecule has 1 rings (SSSR count). The summed E-state index contributed by atoms with van der Waals surface area (Å²) in [5, 5.41) is 0. The lowest BCUT2D eigenvalue weighted by Gasteiger charge is -1.91. The molecule has 0 aliphatic heterocycles. The van der Waals surface area contributed by atoms with Crippen LogP contribution in [-0.2, 0) is 14.3 Å². The number of aromatic nitrogens is 1. The van der Waals surface area contributed by atoms with Crippen LogP contribution in [0.15, 0.2) is 12.3 Å². The Hall–Kier alpha value is -2.22. The minimum Gasteiger partial charge on any atom is -0.468 e. The van der Waals surface area contributed by atoms with Crippen LogP contribution in [0.5, 0.6) is 0 Å². The highest BCUT2D eigenvalue weighted by molar-refractivity contribution is 5.87. The predicted molar refractivity (Wildman–Crippen MR) is 55.6 cm³/mol. The van der Waals surface area contributed by atoms with Crippen LogP contribution in [0.25, 0.3) is 0 Å². The Kier molecular flexibility index (Phi) is 4.16. The van der Waals surface area contributed by atoms with Crippen molar-refractivity contribution >= 4 is 11.9 Å². The van der Waals surface area contributed by atoms with Crippen LogP contribution in [0.1, 0.15) is 22.5 Å². The molecule has 0 bridgehead atoms. The fourth-order valence-corrected chi connectivity index (χ4v) is 0.985. The Bertz CT molecular complexity index is 450. The summed E-state index contributed by atoms with van der Waals surface area (Å²) in [4.78, 5) is 24.5. The van der Waals surface area contributed by atoms with Gasteiger partial charge >= 0.3 is 11.9 Å². The summed E-state index contributed by atoms with van der Waals surface area (Å²) >= 11 is 0. The molecule has 0 amide bonds. The first-order valence-electron chi connectivity index (χ1n) is 4.49. The summed E-state index contributed by atoms with van der Waals surface area (Å²) in [6, 6.07) is 1.55. The number of nitrogens with one attached hydrogen (secondary N) is 1. The molecule has 0 aromatic carbocycles. The molecule has 16 heavy (non-hydrogen) atoms. The average molecular weight is 221 g/mol. The van der Waals surface area contributed by atoms with Crippen LogP contribution in [0, 0.1) is 11.8 Å². The monoisotopic (exact) mass is 221 g/mol. The Morgan fingerprint density at radius 1 is 1.38 bits per heavy atom. The molecule has 1 aromatic rings. The number of hydrogen-bond acceptors (Lipinski definition) is 4. The first-order valence-corrected chi connectivity index (χ1v) is 4.49. The second-order valence-corrected chi connectivity index (χ2v) is 2.85. The molecule has 0 unspecified atom stereocenters. The van der Waals surface area contributed by atoms with Crippen LogP contribution in [-0.4, -0.2) is 31.1 Å². The van der Waals surface area contributed by atoms with Crippen molar-refractivity contribution in [3.63, 3.8) is 0 Å². The van der Waals surface area contributed by atoms with E-state index < -0.39 is 11.9 Å². The molecule has 1 aromatic heterocycles. The molecule has 0 fully saturated rings. The molecule has 0 radical (unpaired) electrons. The van der Waals surface area contributed by atoms with Gasteiger partial charge in [-0.05, 0) is 6.07 Å². The average Bonchev–Trinajstić information content (AvgIpc) is 2.76. The van der Waals surface area contributed by atoms with Crippen molar-refractivity contribution in [2.45, 2.75) is 6.42 Å². The van der Waals surface area contributed by atoms with Gasteiger partial charge in [-0.25, -0.2) is 4.79 Å². The van der Waals surface area contributed by atoms with E-state index in [-0.39, 0.29) is 6.42 Å². The summed E-state index contributed by atoms with van der Waals surface area (Å²) in [5.74, 6) is 4.50. The third-order valence-electron chi connectivity index (χ3n) is 1.78. The third kappa shape index (κ3) is 3.17. The normalized spacial score (nSPS) is 8.88. The second-order valence-electron chi connectivity index (χ2n) is 2.85. The lowest BCUT2D eigenvalue weighted by Crippen LogP contribution is -2.00. The van der Waals surface area contributed by atoms with Crippen molar-refractivity contribution < 1.29 is 19.1 Å². The molecular weight excluding hydrogens is 210 g/mol. The number of esters is 2. The molecule has 84 valence electrons. The van der Waals surface area contributed by atoms with E-state index in [1.807, 2.05) is 0 Å². The number of aromatic amines is 1. The Morgan fingerprint density at radius 3 is 2.75 bits per heavy atom. The number of carbonyl (C=O) groups excluding carboxylic acids is 2. The summed E-state index contributed by atoms with van der Waals surface area (Å²) in [6.07, 6.45) is 1.59. The van der Waals surface area contributed by atoms with E-state index in [2.05, 4.69) is 26.3 Å². The first-order chi connectivity index (χ1) is 7.67. The van der Waals surface area contributed by atoms with E-state index in [0.717, 1.165) is 0 Å². The number of ether oxygens (including phenoxy) is 2.